The molecule has 308 valence electrons. The minimum atomic E-state index is -0.0792. The van der Waals surface area contributed by atoms with E-state index in [0.717, 1.165) is 11.4 Å². The van der Waals surface area contributed by atoms with E-state index in [-0.39, 0.29) is 19.1 Å². The van der Waals surface area contributed by atoms with Crippen molar-refractivity contribution in [1.82, 2.24) is 8.96 Å². The van der Waals surface area contributed by atoms with Crippen molar-refractivity contribution >= 4 is 91.5 Å². The quantitative estimate of drug-likeness (QED) is 0.165. The van der Waals surface area contributed by atoms with Crippen LogP contribution in [0.2, 0.25) is 0 Å². The summed E-state index contributed by atoms with van der Waals surface area (Å²) < 4.78 is 5.20. The van der Waals surface area contributed by atoms with E-state index in [1.54, 1.807) is 0 Å². The molecule has 0 radical (unpaired) electrons. The Morgan fingerprint density at radius 2 is 0.938 bits per heavy atom. The molecular weight excluding hydrogens is 786 g/mol. The number of hydrogen-bond donors (Lipinski definition) is 0. The Balaban J connectivity index is 1.23. The van der Waals surface area contributed by atoms with Gasteiger partial charge < -0.3 is 18.8 Å². The molecule has 0 saturated heterocycles. The summed E-state index contributed by atoms with van der Waals surface area (Å²) in [5.74, 6) is 0. The van der Waals surface area contributed by atoms with Crippen LogP contribution >= 0.6 is 0 Å². The number of aryl methyl sites for hydroxylation is 3. The van der Waals surface area contributed by atoms with E-state index in [0.29, 0.717) is 0 Å². The Bertz CT molecular complexity index is 3680. The van der Waals surface area contributed by atoms with E-state index < -0.39 is 0 Å². The molecule has 0 bridgehead atoms. The normalized spacial score (nSPS) is 13.9. The van der Waals surface area contributed by atoms with Crippen molar-refractivity contribution in [1.29, 1.82) is 0 Å². The fourth-order valence-electron chi connectivity index (χ4n) is 12.6. The lowest BCUT2D eigenvalue weighted by atomic mass is 9.40. The van der Waals surface area contributed by atoms with Crippen LogP contribution in [-0.4, -0.2) is 22.7 Å². The van der Waals surface area contributed by atoms with Gasteiger partial charge in [-0.05, 0) is 159 Å². The topological polar surface area (TPSA) is 16.3 Å². The molecule has 14 rings (SSSR count). The van der Waals surface area contributed by atoms with Crippen molar-refractivity contribution in [3.63, 3.8) is 0 Å². The molecule has 4 nitrogen and oxygen atoms in total. The minimum absolute atomic E-state index is 0.0565. The number of nitrogens with zero attached hydrogens (tertiary/aromatic N) is 4. The molecule has 0 unspecified atom stereocenters. The average Bonchev–Trinajstić information content (AvgIpc) is 3.95. The summed E-state index contributed by atoms with van der Waals surface area (Å²) in [6.07, 6.45) is 4.71. The van der Waals surface area contributed by atoms with Crippen LogP contribution in [0.4, 0.5) is 34.1 Å². The highest BCUT2D eigenvalue weighted by Gasteiger charge is 2.51. The second-order valence-electron chi connectivity index (χ2n) is 19.9. The highest BCUT2D eigenvalue weighted by molar-refractivity contribution is 6.93. The molecule has 4 aliphatic heterocycles. The average molecular weight is 833 g/mol. The SMILES string of the molecule is Cc1cc(C)c(-c2ccc3c(c2)N(c2ccccc2)c2c4c(c5c6c2N(c2ccccc2)c2cc(C(C)(C)C)ccc2B6n2ccc6cccc-5c62)-c2cccc5ccn(c25)B34)c(C)c1. The molecule has 65 heavy (non-hydrogen) atoms. The van der Waals surface area contributed by atoms with Crippen molar-refractivity contribution in [3.8, 4) is 33.4 Å². The van der Waals surface area contributed by atoms with Crippen molar-refractivity contribution in [2.45, 2.75) is 47.0 Å². The Hall–Kier alpha value is -7.43. The first kappa shape index (κ1) is 37.0. The largest absolute Gasteiger partial charge is 0.382 e. The molecule has 6 heteroatoms. The van der Waals surface area contributed by atoms with Gasteiger partial charge >= 0.3 is 13.7 Å². The molecule has 6 heterocycles. The lowest BCUT2D eigenvalue weighted by molar-refractivity contribution is 0.590. The zero-order chi connectivity index (χ0) is 43.6. The third kappa shape index (κ3) is 4.84. The summed E-state index contributed by atoms with van der Waals surface area (Å²) in [5.41, 5.74) is 28.2. The molecule has 0 aliphatic carbocycles. The molecule has 4 aliphatic rings. The van der Waals surface area contributed by atoms with Crippen LogP contribution in [0.3, 0.4) is 0 Å². The van der Waals surface area contributed by atoms with Gasteiger partial charge in [-0.15, -0.1) is 0 Å². The van der Waals surface area contributed by atoms with Gasteiger partial charge in [0.1, 0.15) is 0 Å². The maximum atomic E-state index is 2.65. The number of para-hydroxylation sites is 4. The van der Waals surface area contributed by atoms with E-state index >= 15 is 0 Å². The van der Waals surface area contributed by atoms with E-state index in [4.69, 9.17) is 0 Å². The smallest absolute Gasteiger partial charge is 0.332 e. The molecule has 0 saturated carbocycles. The Morgan fingerprint density at radius 1 is 0.446 bits per heavy atom. The zero-order valence-corrected chi connectivity index (χ0v) is 37.6. The first-order chi connectivity index (χ1) is 31.7. The molecular formula is C59H46B2N4. The van der Waals surface area contributed by atoms with Crippen molar-refractivity contribution < 1.29 is 0 Å². The lowest BCUT2D eigenvalue weighted by Crippen LogP contribution is -2.62. The van der Waals surface area contributed by atoms with Crippen LogP contribution in [0.5, 0.6) is 0 Å². The van der Waals surface area contributed by atoms with E-state index in [9.17, 15) is 0 Å². The second-order valence-corrected chi connectivity index (χ2v) is 19.9. The predicted octanol–water partition coefficient (Wildman–Crippen LogP) is 12.3. The molecule has 8 aromatic carbocycles. The van der Waals surface area contributed by atoms with Gasteiger partial charge in [-0.1, -0.05) is 136 Å². The number of fused-ring (bicyclic) bond motifs is 10. The van der Waals surface area contributed by atoms with Gasteiger partial charge in [-0.2, -0.15) is 0 Å². The molecule has 0 N–H and O–H groups in total. The molecule has 0 spiro atoms. The predicted molar refractivity (Wildman–Crippen MR) is 277 cm³/mol. The van der Waals surface area contributed by atoms with E-state index in [2.05, 4.69) is 230 Å². The van der Waals surface area contributed by atoms with Gasteiger partial charge in [-0.3, -0.25) is 0 Å². The van der Waals surface area contributed by atoms with Gasteiger partial charge in [-0.25, -0.2) is 0 Å². The van der Waals surface area contributed by atoms with Crippen LogP contribution < -0.4 is 31.7 Å². The number of rotatable bonds is 3. The zero-order valence-electron chi connectivity index (χ0n) is 37.6. The van der Waals surface area contributed by atoms with E-state index in [1.165, 1.54) is 122 Å². The summed E-state index contributed by atoms with van der Waals surface area (Å²) in [5, 5.41) is 2.55. The van der Waals surface area contributed by atoms with Crippen molar-refractivity contribution in [2.24, 2.45) is 0 Å². The Labute approximate surface area is 381 Å². The second kappa shape index (κ2) is 12.9. The van der Waals surface area contributed by atoms with Crippen molar-refractivity contribution in [3.05, 3.63) is 192 Å². The molecule has 2 aromatic heterocycles. The maximum Gasteiger partial charge on any atom is 0.332 e. The summed E-state index contributed by atoms with van der Waals surface area (Å²) in [6.45, 7) is 13.6. The van der Waals surface area contributed by atoms with Gasteiger partial charge in [0, 0.05) is 44.9 Å². The van der Waals surface area contributed by atoms with Gasteiger partial charge in [0.15, 0.2) is 0 Å². The Kier molecular flexibility index (Phi) is 7.32. The van der Waals surface area contributed by atoms with Crippen LogP contribution in [0.1, 0.15) is 43.0 Å². The number of aromatic nitrogens is 2. The Morgan fingerprint density at radius 3 is 1.45 bits per heavy atom. The monoisotopic (exact) mass is 832 g/mol. The van der Waals surface area contributed by atoms with Crippen LogP contribution in [0.25, 0.3) is 55.2 Å². The molecule has 0 atom stereocenters. The highest BCUT2D eigenvalue weighted by Crippen LogP contribution is 2.55. The first-order valence-electron chi connectivity index (χ1n) is 23.2. The molecule has 10 aromatic rings. The third-order valence-electron chi connectivity index (χ3n) is 15.1. The van der Waals surface area contributed by atoms with Gasteiger partial charge in [0.2, 0.25) is 0 Å². The van der Waals surface area contributed by atoms with E-state index in [1.807, 2.05) is 0 Å². The lowest BCUT2D eigenvalue weighted by Gasteiger charge is -2.48. The number of hydrogen-bond acceptors (Lipinski definition) is 2. The number of anilines is 6. The first-order valence-corrected chi connectivity index (χ1v) is 23.2. The molecule has 0 amide bonds. The van der Waals surface area contributed by atoms with Crippen molar-refractivity contribution in [2.75, 3.05) is 9.80 Å². The minimum Gasteiger partial charge on any atom is -0.382 e. The summed E-state index contributed by atoms with van der Waals surface area (Å²) in [6, 6.07) is 60.3. The fourth-order valence-corrected chi connectivity index (χ4v) is 12.6. The summed E-state index contributed by atoms with van der Waals surface area (Å²) in [4.78, 5) is 5.29. The fraction of sp³-hybridized carbons (Fsp3) is 0.119. The van der Waals surface area contributed by atoms with Crippen LogP contribution in [0, 0.1) is 20.8 Å². The maximum absolute atomic E-state index is 2.65. The van der Waals surface area contributed by atoms with Crippen LogP contribution in [0.15, 0.2) is 170 Å². The highest BCUT2D eigenvalue weighted by atomic mass is 15.2. The molecule has 0 fully saturated rings. The van der Waals surface area contributed by atoms with Crippen LogP contribution in [-0.2, 0) is 5.41 Å². The standard InChI is InChI=1S/C59H46B2N4/c1-35-31-36(2)50(37(3)32-35)40-23-25-46-48(33-40)64(42-17-9-7-10-18-42)57-53-51(44-21-13-15-38-27-29-62(55(38)44)60(46)53)52-45-22-14-16-39-28-30-63(56(39)45)61-47-26-24-41(59(4,5)6)34-49(47)65(58(57)54(52)61)43-19-11-8-12-20-43/h7-34H,1-6H3. The number of benzene rings is 8. The summed E-state index contributed by atoms with van der Waals surface area (Å²) in [7, 11) is 0. The third-order valence-corrected chi connectivity index (χ3v) is 15.1. The van der Waals surface area contributed by atoms with Gasteiger partial charge in [0.25, 0.3) is 0 Å². The summed E-state index contributed by atoms with van der Waals surface area (Å²) >= 11 is 0. The van der Waals surface area contributed by atoms with Gasteiger partial charge in [0.05, 0.1) is 11.4 Å².